The summed E-state index contributed by atoms with van der Waals surface area (Å²) in [5.74, 6) is -5.41. The Morgan fingerprint density at radius 1 is 0.568 bits per heavy atom. The van der Waals surface area contributed by atoms with E-state index in [9.17, 15) is 43.5 Å². The van der Waals surface area contributed by atoms with Gasteiger partial charge in [0.15, 0.2) is 11.9 Å². The van der Waals surface area contributed by atoms with Crippen molar-refractivity contribution in [3.63, 3.8) is 0 Å². The van der Waals surface area contributed by atoms with Gasteiger partial charge in [0, 0.05) is 33.1 Å². The Morgan fingerprint density at radius 2 is 1.05 bits per heavy atom. The molecule has 2 aromatic rings. The minimum atomic E-state index is -1.27. The number of nitrogens with two attached hydrogens (primary N) is 4. The van der Waals surface area contributed by atoms with Gasteiger partial charge < -0.3 is 75.5 Å². The molecule has 0 aliphatic rings. The highest BCUT2D eigenvalue weighted by Gasteiger charge is 2.36. The highest BCUT2D eigenvalue weighted by molar-refractivity contribution is 5.97. The number of aliphatic imine (C=N–C) groups is 2. The van der Waals surface area contributed by atoms with Gasteiger partial charge in [-0.05, 0) is 94.0 Å². The van der Waals surface area contributed by atoms with Crippen molar-refractivity contribution < 1.29 is 43.5 Å². The number of guanidine groups is 2. The molecule has 0 radical (unpaired) electrons. The monoisotopic (exact) mass is 1040 g/mol. The van der Waals surface area contributed by atoms with Gasteiger partial charge >= 0.3 is 0 Å². The predicted octanol–water partition coefficient (Wildman–Crippen LogP) is -1.90. The molecule has 2 aromatic carbocycles. The smallest absolute Gasteiger partial charge is 0.245 e. The second-order valence-electron chi connectivity index (χ2n) is 18.7. The van der Waals surface area contributed by atoms with Crippen molar-refractivity contribution in [2.24, 2.45) is 44.8 Å². The maximum atomic E-state index is 14.6. The van der Waals surface area contributed by atoms with Crippen LogP contribution >= 0.6 is 0 Å². The Morgan fingerprint density at radius 3 is 1.61 bits per heavy atom. The molecular weight excluding hydrogens is 955 g/mol. The molecule has 6 atom stereocenters. The van der Waals surface area contributed by atoms with Crippen LogP contribution in [0, 0.1) is 11.8 Å². The molecule has 17 N–H and O–H groups in total. The predicted molar refractivity (Wildman–Crippen MR) is 283 cm³/mol. The first-order valence-corrected chi connectivity index (χ1v) is 24.9. The topological polar surface area (TPSA) is 385 Å². The maximum Gasteiger partial charge on any atom is 0.245 e. The lowest BCUT2D eigenvalue weighted by molar-refractivity contribution is -0.143. The van der Waals surface area contributed by atoms with Gasteiger partial charge in [0.1, 0.15) is 36.0 Å². The van der Waals surface area contributed by atoms with Crippen molar-refractivity contribution >= 4 is 59.2 Å². The molecule has 0 aliphatic carbocycles. The summed E-state index contributed by atoms with van der Waals surface area (Å²) in [5.41, 5.74) is 23.6. The van der Waals surface area contributed by atoms with E-state index < -0.39 is 90.7 Å². The fourth-order valence-corrected chi connectivity index (χ4v) is 7.70. The number of nitrogens with zero attached hydrogens (tertiary/aromatic N) is 3. The zero-order chi connectivity index (χ0) is 55.3. The zero-order valence-corrected chi connectivity index (χ0v) is 43.9. The Kier molecular flexibility index (Phi) is 28.2. The molecule has 0 saturated carbocycles. The Balaban J connectivity index is 2.36. The van der Waals surface area contributed by atoms with E-state index in [1.165, 1.54) is 24.1 Å². The molecule has 8 amide bonds. The van der Waals surface area contributed by atoms with Crippen LogP contribution in [-0.4, -0.2) is 152 Å². The van der Waals surface area contributed by atoms with Crippen LogP contribution < -0.4 is 65.5 Å². The average Bonchev–Trinajstić information content (AvgIpc) is 3.34. The van der Waals surface area contributed by atoms with Crippen LogP contribution in [0.5, 0.6) is 5.75 Å². The molecular formula is C50H81N15O9. The lowest BCUT2D eigenvalue weighted by Crippen LogP contribution is -2.60. The maximum absolute atomic E-state index is 14.6. The number of carbonyl (C=O) groups is 8. The highest BCUT2D eigenvalue weighted by atomic mass is 16.3. The number of amides is 8. The van der Waals surface area contributed by atoms with Crippen molar-refractivity contribution in [3.05, 3.63) is 65.7 Å². The number of rotatable bonds is 33. The SMILES string of the molecule is CCNC(=O)[C@@H](CC(C)C)NC(=O)[C@H](CCCN=C(N)N)N(C)C(=O)[C@H](CCCN=C(N)N)NC(=O)[C@H](CC(C)C)NC(=O)[C@H](Cc1ccccc1)NC(=O)CNC(=O)CNC(=O)[C@H](Cc1ccc(O)cc1)NC. The molecule has 0 spiro atoms. The third-order valence-corrected chi connectivity index (χ3v) is 11.5. The number of nitrogens with one attached hydrogen (secondary N) is 8. The summed E-state index contributed by atoms with van der Waals surface area (Å²) < 4.78 is 0. The number of phenols is 1. The van der Waals surface area contributed by atoms with Gasteiger partial charge in [0.05, 0.1) is 19.1 Å². The average molecular weight is 1040 g/mol. The van der Waals surface area contributed by atoms with Crippen molar-refractivity contribution in [3.8, 4) is 5.75 Å². The van der Waals surface area contributed by atoms with Crippen LogP contribution in [0.1, 0.15) is 84.3 Å². The number of phenolic OH excluding ortho intramolecular Hbond substituents is 1. The first-order chi connectivity index (χ1) is 35.0. The van der Waals surface area contributed by atoms with Crippen LogP contribution in [0.4, 0.5) is 0 Å². The molecule has 0 heterocycles. The summed E-state index contributed by atoms with van der Waals surface area (Å²) in [4.78, 5) is 119. The molecule has 0 saturated heterocycles. The van der Waals surface area contributed by atoms with E-state index in [0.717, 1.165) is 5.56 Å². The van der Waals surface area contributed by atoms with Gasteiger partial charge in [-0.1, -0.05) is 70.2 Å². The van der Waals surface area contributed by atoms with Crippen molar-refractivity contribution in [2.75, 3.05) is 46.8 Å². The van der Waals surface area contributed by atoms with Crippen LogP contribution in [0.15, 0.2) is 64.6 Å². The molecule has 410 valence electrons. The van der Waals surface area contributed by atoms with Crippen molar-refractivity contribution in [2.45, 2.75) is 122 Å². The van der Waals surface area contributed by atoms with Crippen molar-refractivity contribution in [1.29, 1.82) is 0 Å². The second kappa shape index (κ2) is 33.3. The third kappa shape index (κ3) is 24.3. The van der Waals surface area contributed by atoms with E-state index in [1.54, 1.807) is 56.4 Å². The Labute approximate surface area is 434 Å². The number of benzene rings is 2. The normalized spacial score (nSPS) is 13.4. The van der Waals surface area contributed by atoms with E-state index >= 15 is 0 Å². The summed E-state index contributed by atoms with van der Waals surface area (Å²) in [6.07, 6.45) is 1.24. The van der Waals surface area contributed by atoms with Gasteiger partial charge in [0.2, 0.25) is 47.3 Å². The molecule has 0 aromatic heterocycles. The first kappa shape index (κ1) is 62.6. The number of carbonyl (C=O) groups excluding carboxylic acids is 8. The number of likely N-dealkylation sites (N-methyl/N-ethyl adjacent to an activating group) is 3. The molecule has 0 unspecified atom stereocenters. The quantitative estimate of drug-likeness (QED) is 0.0211. The molecule has 0 aliphatic heterocycles. The van der Waals surface area contributed by atoms with Gasteiger partial charge in [-0.3, -0.25) is 48.3 Å². The Bertz CT molecular complexity index is 2180. The summed E-state index contributed by atoms with van der Waals surface area (Å²) in [7, 11) is 3.00. The molecule has 24 heteroatoms. The summed E-state index contributed by atoms with van der Waals surface area (Å²) in [6.45, 7) is 8.80. The first-order valence-electron chi connectivity index (χ1n) is 24.9. The van der Waals surface area contributed by atoms with Crippen LogP contribution in [0.25, 0.3) is 0 Å². The largest absolute Gasteiger partial charge is 0.508 e. The molecule has 0 bridgehead atoms. The fraction of sp³-hybridized carbons (Fsp3) is 0.560. The standard InChI is InChI=1S/C50H81N15O9/c1-8-56-44(70)37(24-30(2)3)64-47(73)40(17-13-23-58-50(53)54)65(7)48(74)35(16-12-22-57-49(51)52)62-45(71)38(25-31(4)5)63-46(72)39(27-32-14-10-9-11-15-32)61-42(68)29-59-41(67)28-60-43(69)36(55-6)26-33-18-20-34(66)21-19-33/h9-11,14-15,18-21,30-31,35-40,55,66H,8,12-13,16-17,22-29H2,1-7H3,(H,56,70)(H,59,67)(H,60,69)(H,61,68)(H,62,71)(H,63,72)(H,64,73)(H4,51,52,57)(H4,53,54,58)/t35-,36-,37+,38-,39-,40-/m0/s1. The number of aromatic hydroxyl groups is 1. The fourth-order valence-electron chi connectivity index (χ4n) is 7.70. The minimum absolute atomic E-state index is 0.00320. The van der Waals surface area contributed by atoms with E-state index in [4.69, 9.17) is 22.9 Å². The molecule has 0 fully saturated rings. The van der Waals surface area contributed by atoms with Crippen LogP contribution in [0.3, 0.4) is 0 Å². The summed E-state index contributed by atoms with van der Waals surface area (Å²) >= 11 is 0. The minimum Gasteiger partial charge on any atom is -0.508 e. The van der Waals surface area contributed by atoms with Gasteiger partial charge in [-0.2, -0.15) is 0 Å². The lowest BCUT2D eigenvalue weighted by atomic mass is 9.99. The van der Waals surface area contributed by atoms with Gasteiger partial charge in [-0.25, -0.2) is 0 Å². The second-order valence-corrected chi connectivity index (χ2v) is 18.7. The third-order valence-electron chi connectivity index (χ3n) is 11.5. The van der Waals surface area contributed by atoms with Crippen LogP contribution in [-0.2, 0) is 51.2 Å². The van der Waals surface area contributed by atoms with Gasteiger partial charge in [0.25, 0.3) is 0 Å². The summed E-state index contributed by atoms with van der Waals surface area (Å²) in [6, 6.07) is 8.64. The summed E-state index contributed by atoms with van der Waals surface area (Å²) in [5, 5.41) is 31.2. The number of hydrogen-bond acceptors (Lipinski definition) is 12. The van der Waals surface area contributed by atoms with Crippen molar-refractivity contribution in [1.82, 2.24) is 47.4 Å². The zero-order valence-electron chi connectivity index (χ0n) is 43.9. The van der Waals surface area contributed by atoms with Crippen LogP contribution in [0.2, 0.25) is 0 Å². The molecule has 74 heavy (non-hydrogen) atoms. The van der Waals surface area contributed by atoms with E-state index in [2.05, 4.69) is 52.5 Å². The van der Waals surface area contributed by atoms with Gasteiger partial charge in [-0.15, -0.1) is 0 Å². The molecule has 24 nitrogen and oxygen atoms in total. The van der Waals surface area contributed by atoms with E-state index in [0.29, 0.717) is 18.5 Å². The molecule has 2 rings (SSSR count). The van der Waals surface area contributed by atoms with E-state index in [-0.39, 0.29) is 93.4 Å². The lowest BCUT2D eigenvalue weighted by Gasteiger charge is -2.33. The Hall–Kier alpha value is -7.50. The van der Waals surface area contributed by atoms with E-state index in [1.807, 2.05) is 27.7 Å². The highest BCUT2D eigenvalue weighted by Crippen LogP contribution is 2.16. The number of hydrogen-bond donors (Lipinski definition) is 13.